The first-order valence-corrected chi connectivity index (χ1v) is 10.1. The maximum absolute atomic E-state index is 10.2. The van der Waals surface area contributed by atoms with Crippen molar-refractivity contribution < 1.29 is 39.6 Å². The van der Waals surface area contributed by atoms with Crippen LogP contribution >= 0.6 is 0 Å². The molecule has 0 saturated carbocycles. The van der Waals surface area contributed by atoms with E-state index in [0.717, 1.165) is 64.2 Å². The predicted molar refractivity (Wildman–Crippen MR) is 104 cm³/mol. The summed E-state index contributed by atoms with van der Waals surface area (Å²) in [5.74, 6) is -2.97. The Morgan fingerprint density at radius 2 is 0.464 bits per heavy atom. The van der Waals surface area contributed by atoms with Gasteiger partial charge in [-0.3, -0.25) is 19.2 Å². The molecule has 0 aromatic carbocycles. The van der Waals surface area contributed by atoms with Gasteiger partial charge in [-0.25, -0.2) is 0 Å². The van der Waals surface area contributed by atoms with Crippen molar-refractivity contribution in [2.45, 2.75) is 103 Å². The summed E-state index contributed by atoms with van der Waals surface area (Å²) in [4.78, 5) is 40.6. The Bertz CT molecular complexity index is 396. The SMILES string of the molecule is O=C(O)CCCCCCCC(=O)O.O=C(O)CCCCCCCCCC(=O)O. The quantitative estimate of drug-likeness (QED) is 0.243. The Balaban J connectivity index is 0. The lowest BCUT2D eigenvalue weighted by Crippen LogP contribution is -1.95. The van der Waals surface area contributed by atoms with Crippen molar-refractivity contribution >= 4 is 23.9 Å². The zero-order chi connectivity index (χ0) is 21.6. The van der Waals surface area contributed by atoms with Gasteiger partial charge in [0.1, 0.15) is 0 Å². The van der Waals surface area contributed by atoms with Crippen LogP contribution in [0.15, 0.2) is 0 Å². The zero-order valence-corrected chi connectivity index (χ0v) is 16.7. The molecular weight excluding hydrogens is 368 g/mol. The number of hydrogen-bond donors (Lipinski definition) is 4. The lowest BCUT2D eigenvalue weighted by molar-refractivity contribution is -0.138. The predicted octanol–water partition coefficient (Wildman–Crippen LogP) is 4.55. The van der Waals surface area contributed by atoms with E-state index in [9.17, 15) is 19.2 Å². The first-order chi connectivity index (χ1) is 13.3. The largest absolute Gasteiger partial charge is 0.481 e. The fourth-order valence-electron chi connectivity index (χ4n) is 2.52. The fraction of sp³-hybridized carbons (Fsp3) is 0.800. The molecule has 0 aliphatic heterocycles. The summed E-state index contributed by atoms with van der Waals surface area (Å²) in [5, 5.41) is 33.4. The summed E-state index contributed by atoms with van der Waals surface area (Å²) < 4.78 is 0. The third-order valence-electron chi connectivity index (χ3n) is 4.06. The molecular formula is C20H36O8. The van der Waals surface area contributed by atoms with Gasteiger partial charge < -0.3 is 20.4 Å². The minimum Gasteiger partial charge on any atom is -0.481 e. The number of hydrogen-bond acceptors (Lipinski definition) is 4. The van der Waals surface area contributed by atoms with Crippen molar-refractivity contribution in [3.05, 3.63) is 0 Å². The highest BCUT2D eigenvalue weighted by molar-refractivity contribution is 5.67. The van der Waals surface area contributed by atoms with E-state index in [1.54, 1.807) is 0 Å². The molecule has 0 rings (SSSR count). The Labute approximate surface area is 167 Å². The lowest BCUT2D eigenvalue weighted by atomic mass is 10.1. The highest BCUT2D eigenvalue weighted by Gasteiger charge is 1.99. The summed E-state index contributed by atoms with van der Waals surface area (Å²) in [6.45, 7) is 0. The molecule has 0 saturated heterocycles. The van der Waals surface area contributed by atoms with Gasteiger partial charge in [0, 0.05) is 25.7 Å². The second-order valence-corrected chi connectivity index (χ2v) is 6.82. The molecule has 0 fully saturated rings. The van der Waals surface area contributed by atoms with Gasteiger partial charge >= 0.3 is 23.9 Å². The normalized spacial score (nSPS) is 10.0. The first-order valence-electron chi connectivity index (χ1n) is 10.1. The highest BCUT2D eigenvalue weighted by Crippen LogP contribution is 2.09. The molecule has 164 valence electrons. The smallest absolute Gasteiger partial charge is 0.303 e. The van der Waals surface area contributed by atoms with Gasteiger partial charge in [-0.2, -0.15) is 0 Å². The fourth-order valence-corrected chi connectivity index (χ4v) is 2.52. The van der Waals surface area contributed by atoms with E-state index in [4.69, 9.17) is 20.4 Å². The van der Waals surface area contributed by atoms with Crippen molar-refractivity contribution in [1.29, 1.82) is 0 Å². The van der Waals surface area contributed by atoms with Crippen LogP contribution < -0.4 is 0 Å². The zero-order valence-electron chi connectivity index (χ0n) is 16.7. The molecule has 8 nitrogen and oxygen atoms in total. The highest BCUT2D eigenvalue weighted by atomic mass is 16.4. The Morgan fingerprint density at radius 3 is 0.607 bits per heavy atom. The van der Waals surface area contributed by atoms with E-state index in [2.05, 4.69) is 0 Å². The molecule has 0 aromatic rings. The molecule has 0 bridgehead atoms. The molecule has 0 heterocycles. The van der Waals surface area contributed by atoms with Crippen molar-refractivity contribution in [2.24, 2.45) is 0 Å². The topological polar surface area (TPSA) is 149 Å². The van der Waals surface area contributed by atoms with E-state index < -0.39 is 23.9 Å². The van der Waals surface area contributed by atoms with E-state index in [1.807, 2.05) is 0 Å². The number of carbonyl (C=O) groups is 4. The second-order valence-electron chi connectivity index (χ2n) is 6.82. The summed E-state index contributed by atoms with van der Waals surface area (Å²) in [6, 6.07) is 0. The molecule has 0 aliphatic carbocycles. The molecule has 8 heteroatoms. The average molecular weight is 405 g/mol. The Morgan fingerprint density at radius 1 is 0.321 bits per heavy atom. The standard InChI is InChI=1S/C11H20O4.C9H16O4/c12-10(13)8-6-4-2-1-3-5-7-9-11(14)15;10-8(11)6-4-2-1-3-5-7-9(12)13/h1-9H2,(H,12,13)(H,14,15);1-7H2,(H,10,11)(H,12,13). The minimum absolute atomic E-state index is 0.221. The van der Waals surface area contributed by atoms with Gasteiger partial charge in [-0.15, -0.1) is 0 Å². The minimum atomic E-state index is -0.759. The van der Waals surface area contributed by atoms with E-state index >= 15 is 0 Å². The number of rotatable bonds is 18. The van der Waals surface area contributed by atoms with Crippen LogP contribution in [0.25, 0.3) is 0 Å². The third kappa shape index (κ3) is 31.6. The second kappa shape index (κ2) is 21.2. The van der Waals surface area contributed by atoms with Gasteiger partial charge in [0.2, 0.25) is 0 Å². The van der Waals surface area contributed by atoms with E-state index in [0.29, 0.717) is 12.8 Å². The van der Waals surface area contributed by atoms with Gasteiger partial charge in [-0.1, -0.05) is 51.4 Å². The number of carboxylic acids is 4. The van der Waals surface area contributed by atoms with Crippen LogP contribution in [0, 0.1) is 0 Å². The summed E-state index contributed by atoms with van der Waals surface area (Å²) >= 11 is 0. The van der Waals surface area contributed by atoms with Crippen molar-refractivity contribution in [3.63, 3.8) is 0 Å². The molecule has 0 atom stereocenters. The number of carboxylic acid groups (broad SMARTS) is 4. The summed E-state index contributed by atoms with van der Waals surface area (Å²) in [6.07, 6.45) is 11.7. The molecule has 0 aromatic heterocycles. The van der Waals surface area contributed by atoms with Crippen molar-refractivity contribution in [1.82, 2.24) is 0 Å². The lowest BCUT2D eigenvalue weighted by Gasteiger charge is -1.99. The Hall–Kier alpha value is -2.12. The van der Waals surface area contributed by atoms with Gasteiger partial charge in [0.05, 0.1) is 0 Å². The monoisotopic (exact) mass is 404 g/mol. The van der Waals surface area contributed by atoms with Crippen LogP contribution in [0.5, 0.6) is 0 Å². The maximum atomic E-state index is 10.2. The number of aliphatic carboxylic acids is 4. The molecule has 0 unspecified atom stereocenters. The van der Waals surface area contributed by atoms with Crippen LogP contribution in [0.1, 0.15) is 103 Å². The first kappa shape index (κ1) is 28.1. The third-order valence-corrected chi connectivity index (χ3v) is 4.06. The summed E-state index contributed by atoms with van der Waals surface area (Å²) in [5.41, 5.74) is 0. The molecule has 0 spiro atoms. The Kier molecular flexibility index (Phi) is 21.3. The molecule has 0 aliphatic rings. The summed E-state index contributed by atoms with van der Waals surface area (Å²) in [7, 11) is 0. The molecule has 28 heavy (non-hydrogen) atoms. The van der Waals surface area contributed by atoms with Gasteiger partial charge in [-0.05, 0) is 25.7 Å². The van der Waals surface area contributed by atoms with Crippen LogP contribution in [0.4, 0.5) is 0 Å². The van der Waals surface area contributed by atoms with E-state index in [-0.39, 0.29) is 25.7 Å². The molecule has 0 amide bonds. The number of unbranched alkanes of at least 4 members (excludes halogenated alkanes) is 10. The van der Waals surface area contributed by atoms with Gasteiger partial charge in [0.25, 0.3) is 0 Å². The van der Waals surface area contributed by atoms with Crippen LogP contribution in [-0.2, 0) is 19.2 Å². The van der Waals surface area contributed by atoms with E-state index in [1.165, 1.54) is 0 Å². The van der Waals surface area contributed by atoms with Crippen LogP contribution in [-0.4, -0.2) is 44.3 Å². The average Bonchev–Trinajstić information content (AvgIpc) is 2.59. The molecule has 0 radical (unpaired) electrons. The van der Waals surface area contributed by atoms with Gasteiger partial charge in [0.15, 0.2) is 0 Å². The van der Waals surface area contributed by atoms with Crippen LogP contribution in [0.3, 0.4) is 0 Å². The maximum Gasteiger partial charge on any atom is 0.303 e. The molecule has 4 N–H and O–H groups in total. The van der Waals surface area contributed by atoms with Crippen LogP contribution in [0.2, 0.25) is 0 Å². The van der Waals surface area contributed by atoms with Crippen molar-refractivity contribution in [3.8, 4) is 0 Å². The van der Waals surface area contributed by atoms with Crippen molar-refractivity contribution in [2.75, 3.05) is 0 Å².